The normalized spacial score (nSPS) is 13.7. The third-order valence-corrected chi connectivity index (χ3v) is 9.12. The molecule has 0 atom stereocenters. The summed E-state index contributed by atoms with van der Waals surface area (Å²) >= 11 is 13.9. The molecule has 2 heterocycles. The van der Waals surface area contributed by atoms with Crippen molar-refractivity contribution in [3.63, 3.8) is 0 Å². The molecule has 3 aromatic carbocycles. The van der Waals surface area contributed by atoms with Crippen molar-refractivity contribution in [2.24, 2.45) is 0 Å². The summed E-state index contributed by atoms with van der Waals surface area (Å²) in [6, 6.07) is 23.8. The number of nitrogens with zero attached hydrogens (tertiary/aromatic N) is 4. The third-order valence-electron chi connectivity index (χ3n) is 7.75. The van der Waals surface area contributed by atoms with E-state index < -0.39 is 12.1 Å². The number of benzene rings is 3. The van der Waals surface area contributed by atoms with Crippen LogP contribution in [0.3, 0.4) is 0 Å². The number of carboxylic acids is 1. The van der Waals surface area contributed by atoms with Gasteiger partial charge in [0.25, 0.3) is 0 Å². The van der Waals surface area contributed by atoms with Gasteiger partial charge in [0.05, 0.1) is 12.2 Å². The van der Waals surface area contributed by atoms with E-state index in [0.717, 1.165) is 68.5 Å². The average molecular weight is 752 g/mol. The number of halogens is 5. The van der Waals surface area contributed by atoms with E-state index in [2.05, 4.69) is 76.0 Å². The van der Waals surface area contributed by atoms with E-state index in [1.807, 2.05) is 16.3 Å². The number of alkyl halides is 3. The van der Waals surface area contributed by atoms with Crippen molar-refractivity contribution in [2.45, 2.75) is 32.2 Å². The number of aromatic nitrogens is 1. The molecule has 50 heavy (non-hydrogen) atoms. The van der Waals surface area contributed by atoms with E-state index in [1.54, 1.807) is 29.5 Å². The number of likely N-dealkylation sites (N-methyl/N-ethyl adjacent to an activating group) is 1. The number of rotatable bonds is 12. The second-order valence-electron chi connectivity index (χ2n) is 11.7. The summed E-state index contributed by atoms with van der Waals surface area (Å²) in [5, 5.41) is 17.5. The minimum absolute atomic E-state index is 0.196. The summed E-state index contributed by atoms with van der Waals surface area (Å²) in [6.45, 7) is 7.89. The van der Waals surface area contributed by atoms with Gasteiger partial charge >= 0.3 is 18.2 Å². The fourth-order valence-electron chi connectivity index (χ4n) is 5.06. The molecule has 268 valence electrons. The predicted molar refractivity (Wildman–Crippen MR) is 193 cm³/mol. The molecule has 0 spiro atoms. The lowest BCUT2D eigenvalue weighted by atomic mass is 10.1. The highest BCUT2D eigenvalue weighted by Crippen LogP contribution is 2.26. The molecule has 3 N–H and O–H groups in total. The number of carboxylic acid groups (broad SMARTS) is 1. The van der Waals surface area contributed by atoms with Gasteiger partial charge in [0, 0.05) is 72.5 Å². The number of carbonyl (C=O) groups excluding carboxylic acids is 1. The monoisotopic (exact) mass is 750 g/mol. The Morgan fingerprint density at radius 3 is 2.14 bits per heavy atom. The van der Waals surface area contributed by atoms with Crippen LogP contribution in [0.25, 0.3) is 10.6 Å². The molecule has 0 aliphatic carbocycles. The van der Waals surface area contributed by atoms with Gasteiger partial charge in [-0.2, -0.15) is 13.2 Å². The zero-order valence-electron chi connectivity index (χ0n) is 27.4. The van der Waals surface area contributed by atoms with Crippen molar-refractivity contribution in [1.82, 2.24) is 25.0 Å². The summed E-state index contributed by atoms with van der Waals surface area (Å²) in [6.07, 6.45) is -4.20. The highest BCUT2D eigenvalue weighted by molar-refractivity contribution is 7.13. The Morgan fingerprint density at radius 2 is 1.54 bits per heavy atom. The van der Waals surface area contributed by atoms with Gasteiger partial charge in [-0.05, 0) is 49.3 Å². The number of anilines is 1. The Morgan fingerprint density at radius 1 is 0.940 bits per heavy atom. The Bertz CT molecular complexity index is 1650. The molecule has 0 saturated carbocycles. The van der Waals surface area contributed by atoms with Crippen LogP contribution in [0.2, 0.25) is 10.0 Å². The maximum Gasteiger partial charge on any atom is 0.490 e. The first-order chi connectivity index (χ1) is 23.9. The standard InChI is InChI=1S/C33H38Cl2N6OS.C2HF3O2/c1-39-14-16-40(17-15-39)12-5-13-41(33(42)38-30-19-28(34)18-29(35)20-30)23-31-24-43-32(37-31)27-10-8-26(9-11-27)22-36-21-25-6-3-2-4-7-25;3-2(4,5)1(6)7/h2-4,6-11,18-20,24,36H,5,12-17,21-23H2,1H3,(H,38,42);(H,6,7). The quantitative estimate of drug-likeness (QED) is 0.136. The number of thiazole rings is 1. The summed E-state index contributed by atoms with van der Waals surface area (Å²) in [7, 11) is 2.16. The molecule has 1 aromatic heterocycles. The second-order valence-corrected chi connectivity index (χ2v) is 13.5. The lowest BCUT2D eigenvalue weighted by Gasteiger charge is -2.33. The first kappa shape index (κ1) is 39.1. The maximum absolute atomic E-state index is 13.4. The van der Waals surface area contributed by atoms with E-state index >= 15 is 0 Å². The van der Waals surface area contributed by atoms with Crippen LogP contribution < -0.4 is 10.6 Å². The molecule has 2 amide bonds. The van der Waals surface area contributed by atoms with Crippen molar-refractivity contribution >= 4 is 52.2 Å². The summed E-state index contributed by atoms with van der Waals surface area (Å²) in [5.74, 6) is -2.76. The molecular weight excluding hydrogens is 712 g/mol. The highest BCUT2D eigenvalue weighted by atomic mass is 35.5. The van der Waals surface area contributed by atoms with Gasteiger partial charge in [-0.3, -0.25) is 0 Å². The van der Waals surface area contributed by atoms with Crippen LogP contribution in [0.5, 0.6) is 0 Å². The lowest BCUT2D eigenvalue weighted by molar-refractivity contribution is -0.192. The number of piperazine rings is 1. The van der Waals surface area contributed by atoms with Crippen molar-refractivity contribution in [3.8, 4) is 10.6 Å². The summed E-state index contributed by atoms with van der Waals surface area (Å²) in [4.78, 5) is 33.9. The predicted octanol–water partition coefficient (Wildman–Crippen LogP) is 7.71. The zero-order valence-corrected chi connectivity index (χ0v) is 29.8. The van der Waals surface area contributed by atoms with Crippen LogP contribution in [-0.4, -0.2) is 89.3 Å². The highest BCUT2D eigenvalue weighted by Gasteiger charge is 2.38. The van der Waals surface area contributed by atoms with Gasteiger partial charge in [-0.15, -0.1) is 11.3 Å². The molecule has 1 fully saturated rings. The topological polar surface area (TPSA) is 101 Å². The second kappa shape index (κ2) is 19.0. The minimum Gasteiger partial charge on any atom is -0.475 e. The Labute approximate surface area is 303 Å². The van der Waals surface area contributed by atoms with Crippen molar-refractivity contribution in [3.05, 3.63) is 105 Å². The van der Waals surface area contributed by atoms with E-state index in [4.69, 9.17) is 38.1 Å². The number of nitrogens with one attached hydrogen (secondary N) is 2. The van der Waals surface area contributed by atoms with E-state index in [1.165, 1.54) is 11.1 Å². The smallest absolute Gasteiger partial charge is 0.475 e. The number of hydrogen-bond acceptors (Lipinski definition) is 7. The maximum atomic E-state index is 13.4. The Balaban J connectivity index is 0.000000727. The van der Waals surface area contributed by atoms with Crippen LogP contribution in [-0.2, 0) is 24.4 Å². The zero-order chi connectivity index (χ0) is 36.1. The first-order valence-electron chi connectivity index (χ1n) is 15.9. The van der Waals surface area contributed by atoms with Crippen molar-refractivity contribution in [1.29, 1.82) is 0 Å². The molecule has 0 unspecified atom stereocenters. The van der Waals surface area contributed by atoms with Crippen LogP contribution in [0.1, 0.15) is 23.2 Å². The van der Waals surface area contributed by atoms with Crippen LogP contribution in [0, 0.1) is 0 Å². The Kier molecular flexibility index (Phi) is 14.9. The third kappa shape index (κ3) is 13.2. The van der Waals surface area contributed by atoms with E-state index in [0.29, 0.717) is 28.8 Å². The number of carbonyl (C=O) groups is 2. The molecule has 0 bridgehead atoms. The van der Waals surface area contributed by atoms with Crippen molar-refractivity contribution < 1.29 is 27.9 Å². The van der Waals surface area contributed by atoms with Gasteiger partial charge in [0.2, 0.25) is 0 Å². The van der Waals surface area contributed by atoms with Gasteiger partial charge < -0.3 is 30.4 Å². The average Bonchev–Trinajstić information content (AvgIpc) is 3.54. The van der Waals surface area contributed by atoms with Gasteiger partial charge in [-0.1, -0.05) is 77.8 Å². The van der Waals surface area contributed by atoms with E-state index in [-0.39, 0.29) is 6.03 Å². The first-order valence-corrected chi connectivity index (χ1v) is 17.5. The fourth-order valence-corrected chi connectivity index (χ4v) is 6.40. The number of hydrogen-bond donors (Lipinski definition) is 3. The molecule has 15 heteroatoms. The summed E-state index contributed by atoms with van der Waals surface area (Å²) < 4.78 is 31.7. The number of urea groups is 1. The SMILES string of the molecule is CN1CCN(CCCN(Cc2csc(-c3ccc(CNCc4ccccc4)cc3)n2)C(=O)Nc2cc(Cl)cc(Cl)c2)CC1.O=C(O)C(F)(F)F. The van der Waals surface area contributed by atoms with Crippen LogP contribution in [0.4, 0.5) is 23.7 Å². The molecule has 9 nitrogen and oxygen atoms in total. The van der Waals surface area contributed by atoms with Crippen LogP contribution >= 0.6 is 34.5 Å². The van der Waals surface area contributed by atoms with E-state index in [9.17, 15) is 18.0 Å². The molecule has 1 saturated heterocycles. The molecular formula is C35H39Cl2F3N6O3S. The number of aliphatic carboxylic acids is 1. The fraction of sp³-hybridized carbons (Fsp3) is 0.343. The van der Waals surface area contributed by atoms with Crippen LogP contribution in [0.15, 0.2) is 78.2 Å². The summed E-state index contributed by atoms with van der Waals surface area (Å²) in [5.41, 5.74) is 5.01. The largest absolute Gasteiger partial charge is 0.490 e. The van der Waals surface area contributed by atoms with Gasteiger partial charge in [0.15, 0.2) is 0 Å². The van der Waals surface area contributed by atoms with Gasteiger partial charge in [-0.25, -0.2) is 14.6 Å². The minimum atomic E-state index is -5.08. The molecule has 4 aromatic rings. The lowest BCUT2D eigenvalue weighted by Crippen LogP contribution is -2.45. The van der Waals surface area contributed by atoms with Crippen molar-refractivity contribution in [2.75, 3.05) is 51.6 Å². The molecule has 1 aliphatic heterocycles. The molecule has 0 radical (unpaired) electrons. The molecule has 1 aliphatic rings. The molecule has 5 rings (SSSR count). The Hall–Kier alpha value is -3.72. The van der Waals surface area contributed by atoms with Gasteiger partial charge in [0.1, 0.15) is 5.01 Å². The number of amides is 2.